The maximum Gasteiger partial charge on any atom is 0.323 e. The Hall–Kier alpha value is -2.40. The van der Waals surface area contributed by atoms with E-state index in [0.29, 0.717) is 27.9 Å². The lowest BCUT2D eigenvalue weighted by Gasteiger charge is -2.16. The van der Waals surface area contributed by atoms with Crippen LogP contribution in [0.5, 0.6) is 11.5 Å². The molecule has 0 unspecified atom stereocenters. The highest BCUT2D eigenvalue weighted by atomic mass is 35.5. The molecule has 2 amide bonds. The number of nitrogens with one attached hydrogen (secondary N) is 2. The van der Waals surface area contributed by atoms with Crippen molar-refractivity contribution in [1.29, 1.82) is 0 Å². The average Bonchev–Trinajstić information content (AvgIpc) is 2.49. The summed E-state index contributed by atoms with van der Waals surface area (Å²) in [4.78, 5) is 12.2. The highest BCUT2D eigenvalue weighted by molar-refractivity contribution is 6.31. The van der Waals surface area contributed by atoms with E-state index in [1.165, 1.54) is 7.11 Å². The molecule has 2 aromatic rings. The SMILES string of the molecule is COc1ccc(Cl)cc1NC(=O)Nc1ccccc1OC(C)C. The van der Waals surface area contributed by atoms with Gasteiger partial charge in [-0.25, -0.2) is 4.79 Å². The third kappa shape index (κ3) is 4.79. The standard InChI is InChI=1S/C17H19ClN2O3/c1-11(2)23-16-7-5-4-6-13(16)19-17(21)20-14-10-12(18)8-9-15(14)22-3/h4-11H,1-3H3,(H2,19,20,21). The molecule has 2 rings (SSSR count). The minimum Gasteiger partial charge on any atom is -0.495 e. The number of amides is 2. The van der Waals surface area contributed by atoms with Crippen molar-refractivity contribution in [2.75, 3.05) is 17.7 Å². The lowest BCUT2D eigenvalue weighted by Crippen LogP contribution is -2.20. The number of rotatable bonds is 5. The lowest BCUT2D eigenvalue weighted by atomic mass is 10.3. The first-order chi connectivity index (χ1) is 11.0. The second-order valence-corrected chi connectivity index (χ2v) is 5.52. The van der Waals surface area contributed by atoms with Crippen molar-refractivity contribution < 1.29 is 14.3 Å². The van der Waals surface area contributed by atoms with Crippen LogP contribution in [0.4, 0.5) is 16.2 Å². The third-order valence-corrected chi connectivity index (χ3v) is 3.14. The largest absolute Gasteiger partial charge is 0.495 e. The first kappa shape index (κ1) is 17.0. The van der Waals surface area contributed by atoms with Crippen LogP contribution < -0.4 is 20.1 Å². The van der Waals surface area contributed by atoms with Crippen molar-refractivity contribution in [2.24, 2.45) is 0 Å². The Labute approximate surface area is 140 Å². The van der Waals surface area contributed by atoms with Gasteiger partial charge in [0.1, 0.15) is 11.5 Å². The summed E-state index contributed by atoms with van der Waals surface area (Å²) in [5.41, 5.74) is 1.07. The molecule has 0 saturated heterocycles. The van der Waals surface area contributed by atoms with Crippen LogP contribution in [-0.4, -0.2) is 19.2 Å². The van der Waals surface area contributed by atoms with E-state index in [-0.39, 0.29) is 6.10 Å². The topological polar surface area (TPSA) is 59.6 Å². The van der Waals surface area contributed by atoms with Gasteiger partial charge in [-0.3, -0.25) is 0 Å². The van der Waals surface area contributed by atoms with Gasteiger partial charge in [-0.15, -0.1) is 0 Å². The third-order valence-electron chi connectivity index (χ3n) is 2.91. The number of carbonyl (C=O) groups is 1. The highest BCUT2D eigenvalue weighted by Gasteiger charge is 2.11. The lowest BCUT2D eigenvalue weighted by molar-refractivity contribution is 0.243. The van der Waals surface area contributed by atoms with Gasteiger partial charge >= 0.3 is 6.03 Å². The summed E-state index contributed by atoms with van der Waals surface area (Å²) in [5, 5.41) is 5.98. The van der Waals surface area contributed by atoms with Crippen LogP contribution in [0, 0.1) is 0 Å². The Kier molecular flexibility index (Phi) is 5.71. The number of methoxy groups -OCH3 is 1. The molecule has 0 aliphatic carbocycles. The Balaban J connectivity index is 2.13. The predicted octanol–water partition coefficient (Wildman–Crippen LogP) is 4.78. The van der Waals surface area contributed by atoms with Crippen molar-refractivity contribution in [3.05, 3.63) is 47.5 Å². The molecular formula is C17H19ClN2O3. The number of anilines is 2. The fourth-order valence-corrected chi connectivity index (χ4v) is 2.15. The molecule has 0 heterocycles. The number of ether oxygens (including phenoxy) is 2. The van der Waals surface area contributed by atoms with Gasteiger partial charge in [0.25, 0.3) is 0 Å². The van der Waals surface area contributed by atoms with Crippen molar-refractivity contribution >= 4 is 29.0 Å². The van der Waals surface area contributed by atoms with E-state index in [0.717, 1.165) is 0 Å². The van der Waals surface area contributed by atoms with Gasteiger partial charge in [-0.05, 0) is 44.2 Å². The molecule has 0 bridgehead atoms. The quantitative estimate of drug-likeness (QED) is 0.827. The smallest absolute Gasteiger partial charge is 0.323 e. The van der Waals surface area contributed by atoms with Gasteiger partial charge in [0, 0.05) is 5.02 Å². The zero-order valence-electron chi connectivity index (χ0n) is 13.2. The van der Waals surface area contributed by atoms with Crippen LogP contribution in [0.25, 0.3) is 0 Å². The Morgan fingerprint density at radius 3 is 2.43 bits per heavy atom. The Morgan fingerprint density at radius 1 is 1.04 bits per heavy atom. The van der Waals surface area contributed by atoms with E-state index in [4.69, 9.17) is 21.1 Å². The number of halogens is 1. The van der Waals surface area contributed by atoms with Crippen LogP contribution in [0.1, 0.15) is 13.8 Å². The molecule has 0 radical (unpaired) electrons. The molecule has 0 aliphatic rings. The molecule has 122 valence electrons. The summed E-state index contributed by atoms with van der Waals surface area (Å²) in [6, 6.07) is 11.8. The highest BCUT2D eigenvalue weighted by Crippen LogP contribution is 2.29. The van der Waals surface area contributed by atoms with Gasteiger partial charge in [-0.2, -0.15) is 0 Å². The molecule has 0 saturated carbocycles. The van der Waals surface area contributed by atoms with E-state index in [9.17, 15) is 4.79 Å². The number of hydrogen-bond acceptors (Lipinski definition) is 3. The maximum absolute atomic E-state index is 12.2. The van der Waals surface area contributed by atoms with Crippen LogP contribution in [0.2, 0.25) is 5.02 Å². The fourth-order valence-electron chi connectivity index (χ4n) is 1.98. The first-order valence-corrected chi connectivity index (χ1v) is 7.54. The molecule has 0 aliphatic heterocycles. The van der Waals surface area contributed by atoms with Crippen LogP contribution >= 0.6 is 11.6 Å². The average molecular weight is 335 g/mol. The van der Waals surface area contributed by atoms with Gasteiger partial charge in [0.2, 0.25) is 0 Å². The summed E-state index contributed by atoms with van der Waals surface area (Å²) in [7, 11) is 1.53. The van der Waals surface area contributed by atoms with E-state index in [1.54, 1.807) is 30.3 Å². The fraction of sp³-hybridized carbons (Fsp3) is 0.235. The van der Waals surface area contributed by atoms with E-state index < -0.39 is 6.03 Å². The second-order valence-electron chi connectivity index (χ2n) is 5.09. The van der Waals surface area contributed by atoms with Gasteiger partial charge in [0.15, 0.2) is 0 Å². The molecule has 0 spiro atoms. The number of urea groups is 1. The van der Waals surface area contributed by atoms with Crippen LogP contribution in [0.15, 0.2) is 42.5 Å². The summed E-state index contributed by atoms with van der Waals surface area (Å²) in [6.45, 7) is 3.85. The van der Waals surface area contributed by atoms with Gasteiger partial charge in [-0.1, -0.05) is 23.7 Å². The molecule has 2 N–H and O–H groups in total. The maximum atomic E-state index is 12.2. The molecule has 23 heavy (non-hydrogen) atoms. The molecule has 5 nitrogen and oxygen atoms in total. The zero-order valence-corrected chi connectivity index (χ0v) is 14.0. The summed E-state index contributed by atoms with van der Waals surface area (Å²) >= 11 is 5.95. The molecular weight excluding hydrogens is 316 g/mol. The zero-order chi connectivity index (χ0) is 16.8. The van der Waals surface area contributed by atoms with E-state index in [2.05, 4.69) is 10.6 Å². The van der Waals surface area contributed by atoms with Crippen molar-refractivity contribution in [2.45, 2.75) is 20.0 Å². The minimum absolute atomic E-state index is 0.00837. The Bertz CT molecular complexity index is 689. The van der Waals surface area contributed by atoms with Gasteiger partial charge in [0.05, 0.1) is 24.6 Å². The predicted molar refractivity (Wildman–Crippen MR) is 92.9 cm³/mol. The number of hydrogen-bond donors (Lipinski definition) is 2. The van der Waals surface area contributed by atoms with Crippen LogP contribution in [0.3, 0.4) is 0 Å². The van der Waals surface area contributed by atoms with Crippen molar-refractivity contribution in [3.8, 4) is 11.5 Å². The summed E-state index contributed by atoms with van der Waals surface area (Å²) in [5.74, 6) is 1.13. The number of benzene rings is 2. The van der Waals surface area contributed by atoms with Crippen LogP contribution in [-0.2, 0) is 0 Å². The first-order valence-electron chi connectivity index (χ1n) is 7.17. The van der Waals surface area contributed by atoms with E-state index in [1.807, 2.05) is 26.0 Å². The summed E-state index contributed by atoms with van der Waals surface area (Å²) in [6.07, 6.45) is 0.00837. The Morgan fingerprint density at radius 2 is 1.74 bits per heavy atom. The molecule has 6 heteroatoms. The van der Waals surface area contributed by atoms with E-state index >= 15 is 0 Å². The minimum atomic E-state index is -0.412. The number of carbonyl (C=O) groups excluding carboxylic acids is 1. The van der Waals surface area contributed by atoms with Gasteiger partial charge < -0.3 is 20.1 Å². The molecule has 0 aromatic heterocycles. The molecule has 0 atom stereocenters. The monoisotopic (exact) mass is 334 g/mol. The molecule has 2 aromatic carbocycles. The van der Waals surface area contributed by atoms with Crippen molar-refractivity contribution in [1.82, 2.24) is 0 Å². The second kappa shape index (κ2) is 7.74. The number of para-hydroxylation sites is 2. The normalized spacial score (nSPS) is 10.3. The van der Waals surface area contributed by atoms with Crippen molar-refractivity contribution in [3.63, 3.8) is 0 Å². The summed E-state index contributed by atoms with van der Waals surface area (Å²) < 4.78 is 10.9. The molecule has 0 fully saturated rings.